The highest BCUT2D eigenvalue weighted by atomic mass is 35.5. The molecule has 29 heavy (non-hydrogen) atoms. The second-order valence-corrected chi connectivity index (χ2v) is 10.4. The minimum absolute atomic E-state index is 0.0423. The predicted octanol–water partition coefficient (Wildman–Crippen LogP) is 3.59. The van der Waals surface area contributed by atoms with Crippen LogP contribution in [0.15, 0.2) is 59.5 Å². The minimum Gasteiger partial charge on any atom is -0.355 e. The SMILES string of the molecule is O=C(NCC1(c2ccccc2)CC1)C1CCCN(S(=O)(=O)c2ccc(Cl)cc2)C1. The van der Waals surface area contributed by atoms with Crippen LogP contribution in [0.1, 0.15) is 31.2 Å². The normalized spacial score (nSPS) is 21.5. The monoisotopic (exact) mass is 432 g/mol. The zero-order valence-corrected chi connectivity index (χ0v) is 17.8. The highest BCUT2D eigenvalue weighted by Crippen LogP contribution is 2.47. The van der Waals surface area contributed by atoms with E-state index in [1.807, 2.05) is 18.2 Å². The molecule has 0 radical (unpaired) electrons. The van der Waals surface area contributed by atoms with Crippen LogP contribution in [-0.2, 0) is 20.2 Å². The first-order chi connectivity index (χ1) is 13.9. The Bertz CT molecular complexity index is 973. The molecule has 154 valence electrons. The van der Waals surface area contributed by atoms with E-state index in [-0.39, 0.29) is 28.7 Å². The van der Waals surface area contributed by atoms with Crippen LogP contribution < -0.4 is 5.32 Å². The van der Waals surface area contributed by atoms with Crippen molar-refractivity contribution in [2.45, 2.75) is 36.0 Å². The van der Waals surface area contributed by atoms with Gasteiger partial charge in [-0.2, -0.15) is 4.31 Å². The largest absolute Gasteiger partial charge is 0.355 e. The van der Waals surface area contributed by atoms with Gasteiger partial charge in [-0.1, -0.05) is 41.9 Å². The lowest BCUT2D eigenvalue weighted by Gasteiger charge is -2.31. The van der Waals surface area contributed by atoms with Gasteiger partial charge in [-0.25, -0.2) is 8.42 Å². The van der Waals surface area contributed by atoms with E-state index in [9.17, 15) is 13.2 Å². The van der Waals surface area contributed by atoms with Gasteiger partial charge in [0.1, 0.15) is 0 Å². The van der Waals surface area contributed by atoms with E-state index in [4.69, 9.17) is 11.6 Å². The molecule has 0 spiro atoms. The minimum atomic E-state index is -3.62. The average Bonchev–Trinajstić information content (AvgIpc) is 3.54. The first-order valence-corrected chi connectivity index (χ1v) is 11.8. The van der Waals surface area contributed by atoms with Crippen molar-refractivity contribution in [1.82, 2.24) is 9.62 Å². The Labute approximate surface area is 177 Å². The van der Waals surface area contributed by atoms with E-state index in [1.54, 1.807) is 12.1 Å². The molecule has 1 unspecified atom stereocenters. The van der Waals surface area contributed by atoms with Gasteiger partial charge in [0.15, 0.2) is 0 Å². The summed E-state index contributed by atoms with van der Waals surface area (Å²) in [5.74, 6) is -0.374. The Kier molecular flexibility index (Phi) is 5.69. The maximum atomic E-state index is 12.9. The van der Waals surface area contributed by atoms with E-state index < -0.39 is 10.0 Å². The fraction of sp³-hybridized carbons (Fsp3) is 0.409. The summed E-state index contributed by atoms with van der Waals surface area (Å²) in [5.41, 5.74) is 1.30. The molecule has 5 nitrogen and oxygen atoms in total. The van der Waals surface area contributed by atoms with Crippen LogP contribution in [0, 0.1) is 5.92 Å². The summed E-state index contributed by atoms with van der Waals surface area (Å²) < 4.78 is 27.3. The number of carbonyl (C=O) groups is 1. The molecule has 2 aromatic carbocycles. The number of carbonyl (C=O) groups excluding carboxylic acids is 1. The molecular formula is C22H25ClN2O3S. The van der Waals surface area contributed by atoms with Gasteiger partial charge in [-0.3, -0.25) is 4.79 Å². The first-order valence-electron chi connectivity index (χ1n) is 10.00. The number of hydrogen-bond donors (Lipinski definition) is 1. The van der Waals surface area contributed by atoms with Crippen molar-refractivity contribution in [2.75, 3.05) is 19.6 Å². The molecule has 1 heterocycles. The molecule has 2 fully saturated rings. The van der Waals surface area contributed by atoms with Crippen LogP contribution in [0.3, 0.4) is 0 Å². The zero-order valence-electron chi connectivity index (χ0n) is 16.2. The molecule has 1 aliphatic heterocycles. The number of nitrogens with one attached hydrogen (secondary N) is 1. The van der Waals surface area contributed by atoms with E-state index in [2.05, 4.69) is 17.4 Å². The van der Waals surface area contributed by atoms with Crippen molar-refractivity contribution < 1.29 is 13.2 Å². The highest BCUT2D eigenvalue weighted by molar-refractivity contribution is 7.89. The molecule has 0 aromatic heterocycles. The second-order valence-electron chi connectivity index (χ2n) is 8.02. The van der Waals surface area contributed by atoms with Gasteiger partial charge in [-0.15, -0.1) is 0 Å². The van der Waals surface area contributed by atoms with E-state index in [0.717, 1.165) is 12.8 Å². The highest BCUT2D eigenvalue weighted by Gasteiger charge is 2.44. The van der Waals surface area contributed by atoms with Crippen molar-refractivity contribution in [3.8, 4) is 0 Å². The van der Waals surface area contributed by atoms with Gasteiger partial charge < -0.3 is 5.32 Å². The standard InChI is InChI=1S/C22H25ClN2O3S/c23-19-8-10-20(11-9-19)29(27,28)25-14-4-5-17(15-25)21(26)24-16-22(12-13-22)18-6-2-1-3-7-18/h1-3,6-11,17H,4-5,12-16H2,(H,24,26). The van der Waals surface area contributed by atoms with Crippen LogP contribution in [0.5, 0.6) is 0 Å². The number of amides is 1. The van der Waals surface area contributed by atoms with Crippen molar-refractivity contribution in [3.05, 3.63) is 65.2 Å². The summed E-state index contributed by atoms with van der Waals surface area (Å²) in [6, 6.07) is 16.4. The zero-order chi connectivity index (χ0) is 20.5. The third-order valence-corrected chi connectivity index (χ3v) is 8.18. The molecule has 4 rings (SSSR count). The second kappa shape index (κ2) is 8.09. The lowest BCUT2D eigenvalue weighted by Crippen LogP contribution is -2.46. The molecule has 2 aromatic rings. The first kappa shape index (κ1) is 20.4. The van der Waals surface area contributed by atoms with Gasteiger partial charge in [-0.05, 0) is 55.5 Å². The number of halogens is 1. The Hall–Kier alpha value is -1.89. The van der Waals surface area contributed by atoms with Gasteiger partial charge in [0.05, 0.1) is 10.8 Å². The Morgan fingerprint density at radius 2 is 1.79 bits per heavy atom. The van der Waals surface area contributed by atoms with Crippen LogP contribution >= 0.6 is 11.6 Å². The molecule has 1 amide bonds. The third-order valence-electron chi connectivity index (χ3n) is 6.05. The fourth-order valence-electron chi connectivity index (χ4n) is 4.04. The van der Waals surface area contributed by atoms with Gasteiger partial charge in [0.25, 0.3) is 0 Å². The third kappa shape index (κ3) is 4.34. The predicted molar refractivity (Wildman–Crippen MR) is 113 cm³/mol. The number of sulfonamides is 1. The molecule has 1 saturated heterocycles. The van der Waals surface area contributed by atoms with Crippen LogP contribution in [-0.4, -0.2) is 38.3 Å². The lowest BCUT2D eigenvalue weighted by molar-refractivity contribution is -0.126. The maximum Gasteiger partial charge on any atom is 0.243 e. The van der Waals surface area contributed by atoms with E-state index in [1.165, 1.54) is 22.0 Å². The van der Waals surface area contributed by atoms with Gasteiger partial charge in [0.2, 0.25) is 15.9 Å². The van der Waals surface area contributed by atoms with Crippen molar-refractivity contribution in [3.63, 3.8) is 0 Å². The number of hydrogen-bond acceptors (Lipinski definition) is 3. The number of benzene rings is 2. The maximum absolute atomic E-state index is 12.9. The topological polar surface area (TPSA) is 66.5 Å². The molecule has 0 bridgehead atoms. The summed E-state index contributed by atoms with van der Waals surface area (Å²) in [5, 5.41) is 3.59. The molecular weight excluding hydrogens is 408 g/mol. The summed E-state index contributed by atoms with van der Waals surface area (Å²) in [6.07, 6.45) is 3.52. The fourth-order valence-corrected chi connectivity index (χ4v) is 5.69. The van der Waals surface area contributed by atoms with Gasteiger partial charge in [0, 0.05) is 30.1 Å². The van der Waals surface area contributed by atoms with Crippen molar-refractivity contribution in [2.24, 2.45) is 5.92 Å². The lowest BCUT2D eigenvalue weighted by atomic mass is 9.94. The molecule has 1 saturated carbocycles. The molecule has 2 aliphatic rings. The summed E-state index contributed by atoms with van der Waals surface area (Å²) in [4.78, 5) is 13.0. The molecule has 7 heteroatoms. The van der Waals surface area contributed by atoms with Crippen molar-refractivity contribution in [1.29, 1.82) is 0 Å². The Morgan fingerprint density at radius 3 is 2.45 bits per heavy atom. The summed E-state index contributed by atoms with van der Waals surface area (Å²) >= 11 is 5.87. The van der Waals surface area contributed by atoms with Crippen LogP contribution in [0.4, 0.5) is 0 Å². The van der Waals surface area contributed by atoms with Crippen LogP contribution in [0.25, 0.3) is 0 Å². The quantitative estimate of drug-likeness (QED) is 0.758. The number of rotatable bonds is 6. The van der Waals surface area contributed by atoms with E-state index >= 15 is 0 Å². The number of piperidine rings is 1. The van der Waals surface area contributed by atoms with Crippen molar-refractivity contribution >= 4 is 27.5 Å². The van der Waals surface area contributed by atoms with Crippen LogP contribution in [0.2, 0.25) is 5.02 Å². The summed E-state index contributed by atoms with van der Waals surface area (Å²) in [7, 11) is -3.62. The molecule has 1 atom stereocenters. The Balaban J connectivity index is 1.39. The van der Waals surface area contributed by atoms with Gasteiger partial charge >= 0.3 is 0 Å². The smallest absolute Gasteiger partial charge is 0.243 e. The molecule has 1 aliphatic carbocycles. The molecule has 1 N–H and O–H groups in total. The average molecular weight is 433 g/mol. The van der Waals surface area contributed by atoms with E-state index in [0.29, 0.717) is 31.0 Å². The number of nitrogens with zero attached hydrogens (tertiary/aromatic N) is 1. The Morgan fingerprint density at radius 1 is 1.10 bits per heavy atom. The summed E-state index contributed by atoms with van der Waals surface area (Å²) in [6.45, 7) is 1.26.